The SMILES string of the molecule is COC(=O)C(Cc1ccc(OCc2ccccc2)cc1)=[N+]=[N-]. The second-order valence-electron chi connectivity index (χ2n) is 4.63. The second kappa shape index (κ2) is 7.76. The summed E-state index contributed by atoms with van der Waals surface area (Å²) in [6, 6.07) is 17.1. The van der Waals surface area contributed by atoms with E-state index in [0.29, 0.717) is 6.61 Å². The first kappa shape index (κ1) is 15.5. The summed E-state index contributed by atoms with van der Waals surface area (Å²) in [7, 11) is 1.24. The Balaban J connectivity index is 1.95. The minimum atomic E-state index is -0.646. The van der Waals surface area contributed by atoms with Crippen LogP contribution in [0.25, 0.3) is 5.53 Å². The van der Waals surface area contributed by atoms with E-state index in [2.05, 4.69) is 9.53 Å². The highest BCUT2D eigenvalue weighted by atomic mass is 16.5. The molecule has 0 aliphatic heterocycles. The monoisotopic (exact) mass is 296 g/mol. The Kier molecular flexibility index (Phi) is 5.46. The molecule has 0 saturated heterocycles. The molecule has 0 aliphatic carbocycles. The molecule has 2 aromatic rings. The van der Waals surface area contributed by atoms with Gasteiger partial charge in [0.1, 0.15) is 12.4 Å². The maximum Gasteiger partial charge on any atom is 0.416 e. The fourth-order valence-corrected chi connectivity index (χ4v) is 1.90. The van der Waals surface area contributed by atoms with Gasteiger partial charge in [-0.3, -0.25) is 0 Å². The van der Waals surface area contributed by atoms with E-state index in [4.69, 9.17) is 10.3 Å². The first-order chi connectivity index (χ1) is 10.7. The van der Waals surface area contributed by atoms with Crippen molar-refractivity contribution in [2.24, 2.45) is 0 Å². The first-order valence-electron chi connectivity index (χ1n) is 6.78. The van der Waals surface area contributed by atoms with Crippen LogP contribution in [0.15, 0.2) is 54.6 Å². The van der Waals surface area contributed by atoms with E-state index >= 15 is 0 Å². The molecule has 0 atom stereocenters. The van der Waals surface area contributed by atoms with Crippen LogP contribution in [0.4, 0.5) is 0 Å². The Morgan fingerprint density at radius 1 is 1.05 bits per heavy atom. The fourth-order valence-electron chi connectivity index (χ4n) is 1.90. The summed E-state index contributed by atoms with van der Waals surface area (Å²) < 4.78 is 10.2. The Hall–Kier alpha value is -2.91. The van der Waals surface area contributed by atoms with Crippen molar-refractivity contribution in [3.05, 3.63) is 71.3 Å². The van der Waals surface area contributed by atoms with Crippen LogP contribution in [0.2, 0.25) is 0 Å². The highest BCUT2D eigenvalue weighted by Gasteiger charge is 2.20. The van der Waals surface area contributed by atoms with Crippen LogP contribution < -0.4 is 4.74 Å². The summed E-state index contributed by atoms with van der Waals surface area (Å²) in [5, 5.41) is 0. The van der Waals surface area contributed by atoms with Crippen LogP contribution in [0.1, 0.15) is 11.1 Å². The predicted octanol–water partition coefficient (Wildman–Crippen LogP) is 2.65. The van der Waals surface area contributed by atoms with E-state index in [-0.39, 0.29) is 12.1 Å². The van der Waals surface area contributed by atoms with Crippen molar-refractivity contribution in [2.45, 2.75) is 13.0 Å². The van der Waals surface area contributed by atoms with Crippen molar-refractivity contribution >= 4 is 11.7 Å². The van der Waals surface area contributed by atoms with Gasteiger partial charge in [-0.2, -0.15) is 4.79 Å². The maximum absolute atomic E-state index is 11.3. The third-order valence-electron chi connectivity index (χ3n) is 3.08. The maximum atomic E-state index is 11.3. The van der Waals surface area contributed by atoms with E-state index in [1.807, 2.05) is 54.6 Å². The lowest BCUT2D eigenvalue weighted by atomic mass is 10.1. The predicted molar refractivity (Wildman–Crippen MR) is 81.6 cm³/mol. The zero-order valence-electron chi connectivity index (χ0n) is 12.2. The van der Waals surface area contributed by atoms with Crippen LogP contribution in [0.3, 0.4) is 0 Å². The lowest BCUT2D eigenvalue weighted by molar-refractivity contribution is -0.137. The molecule has 0 heterocycles. The number of methoxy groups -OCH3 is 1. The molecule has 0 aromatic heterocycles. The lowest BCUT2D eigenvalue weighted by Gasteiger charge is -2.06. The van der Waals surface area contributed by atoms with Crippen molar-refractivity contribution in [3.8, 4) is 5.75 Å². The zero-order valence-corrected chi connectivity index (χ0v) is 12.2. The van der Waals surface area contributed by atoms with Crippen LogP contribution in [0, 0.1) is 0 Å². The number of nitrogens with zero attached hydrogens (tertiary/aromatic N) is 2. The summed E-state index contributed by atoms with van der Waals surface area (Å²) in [5.41, 5.74) is 10.7. The summed E-state index contributed by atoms with van der Waals surface area (Å²) in [5.74, 6) is 0.0834. The van der Waals surface area contributed by atoms with Gasteiger partial charge in [0.25, 0.3) is 0 Å². The van der Waals surface area contributed by atoms with Crippen molar-refractivity contribution in [2.75, 3.05) is 7.11 Å². The van der Waals surface area contributed by atoms with Crippen LogP contribution in [0.5, 0.6) is 5.75 Å². The van der Waals surface area contributed by atoms with Crippen LogP contribution >= 0.6 is 0 Å². The molecule has 0 unspecified atom stereocenters. The molecule has 0 radical (unpaired) electrons. The average Bonchev–Trinajstić information content (AvgIpc) is 2.59. The van der Waals surface area contributed by atoms with Gasteiger partial charge in [-0.1, -0.05) is 42.5 Å². The molecule has 5 nitrogen and oxygen atoms in total. The van der Waals surface area contributed by atoms with Crippen molar-refractivity contribution < 1.29 is 19.1 Å². The van der Waals surface area contributed by atoms with Gasteiger partial charge in [0.2, 0.25) is 0 Å². The molecule has 2 aromatic carbocycles. The number of rotatable bonds is 6. The minimum absolute atomic E-state index is 0.0412. The van der Waals surface area contributed by atoms with E-state index in [1.54, 1.807) is 0 Å². The number of ether oxygens (including phenoxy) is 2. The van der Waals surface area contributed by atoms with Gasteiger partial charge in [0.05, 0.1) is 13.5 Å². The van der Waals surface area contributed by atoms with Gasteiger partial charge in [0.15, 0.2) is 0 Å². The molecule has 0 N–H and O–H groups in total. The number of hydrogen-bond acceptors (Lipinski definition) is 3. The zero-order chi connectivity index (χ0) is 15.8. The molecule has 112 valence electrons. The molecule has 22 heavy (non-hydrogen) atoms. The van der Waals surface area contributed by atoms with E-state index < -0.39 is 5.97 Å². The molecule has 5 heteroatoms. The minimum Gasteiger partial charge on any atom is -0.489 e. The Bertz CT molecular complexity index is 675. The van der Waals surface area contributed by atoms with Gasteiger partial charge in [0, 0.05) is 0 Å². The van der Waals surface area contributed by atoms with Crippen molar-refractivity contribution in [1.29, 1.82) is 0 Å². The topological polar surface area (TPSA) is 71.9 Å². The fraction of sp³-hybridized carbons (Fsp3) is 0.176. The molecule has 0 aliphatic rings. The van der Waals surface area contributed by atoms with E-state index in [1.165, 1.54) is 7.11 Å². The number of hydrogen-bond donors (Lipinski definition) is 0. The Morgan fingerprint density at radius 3 is 2.32 bits per heavy atom. The summed E-state index contributed by atoms with van der Waals surface area (Å²) >= 11 is 0. The molecule has 0 fully saturated rings. The Labute approximate surface area is 128 Å². The van der Waals surface area contributed by atoms with Crippen LogP contribution in [-0.4, -0.2) is 23.6 Å². The number of carbonyl (C=O) groups is 1. The van der Waals surface area contributed by atoms with Gasteiger partial charge in [-0.15, -0.1) is 0 Å². The van der Waals surface area contributed by atoms with Gasteiger partial charge in [-0.05, 0) is 23.3 Å². The first-order valence-corrected chi connectivity index (χ1v) is 6.78. The van der Waals surface area contributed by atoms with Gasteiger partial charge >= 0.3 is 11.7 Å². The third kappa shape index (κ3) is 4.30. The van der Waals surface area contributed by atoms with E-state index in [0.717, 1.165) is 16.9 Å². The van der Waals surface area contributed by atoms with Gasteiger partial charge in [-0.25, -0.2) is 4.79 Å². The molecule has 0 bridgehead atoms. The average molecular weight is 296 g/mol. The standard InChI is InChI=1S/C17H16N2O3/c1-21-17(20)16(19-18)11-13-7-9-15(10-8-13)22-12-14-5-3-2-4-6-14/h2-10H,11-12H2,1H3. The van der Waals surface area contributed by atoms with Crippen molar-refractivity contribution in [3.63, 3.8) is 0 Å². The molecule has 0 amide bonds. The second-order valence-corrected chi connectivity index (χ2v) is 4.63. The van der Waals surface area contributed by atoms with Gasteiger partial charge < -0.3 is 15.0 Å². The van der Waals surface area contributed by atoms with Crippen molar-refractivity contribution in [1.82, 2.24) is 0 Å². The Morgan fingerprint density at radius 2 is 1.73 bits per heavy atom. The van der Waals surface area contributed by atoms with Crippen LogP contribution in [-0.2, 0) is 22.6 Å². The largest absolute Gasteiger partial charge is 0.489 e. The summed E-state index contributed by atoms with van der Waals surface area (Å²) in [6.07, 6.45) is 0.197. The molecule has 0 spiro atoms. The highest BCUT2D eigenvalue weighted by molar-refractivity contribution is 6.34. The molecular weight excluding hydrogens is 280 g/mol. The summed E-state index contributed by atoms with van der Waals surface area (Å²) in [4.78, 5) is 14.3. The highest BCUT2D eigenvalue weighted by Crippen LogP contribution is 2.15. The normalized spacial score (nSPS) is 9.68. The number of esters is 1. The molecule has 0 saturated carbocycles. The molecular formula is C17H16N2O3. The molecule has 2 rings (SSSR count). The van der Waals surface area contributed by atoms with E-state index in [9.17, 15) is 4.79 Å². The third-order valence-corrected chi connectivity index (χ3v) is 3.08. The summed E-state index contributed by atoms with van der Waals surface area (Å²) in [6.45, 7) is 0.492. The smallest absolute Gasteiger partial charge is 0.416 e. The number of benzene rings is 2. The lowest BCUT2D eigenvalue weighted by Crippen LogP contribution is -2.19. The number of carbonyl (C=O) groups excluding carboxylic acids is 1. The quantitative estimate of drug-likeness (QED) is 0.356.